The monoisotopic (exact) mass is 200 g/mol. The molecule has 1 spiro atoms. The van der Waals surface area contributed by atoms with Gasteiger partial charge in [-0.2, -0.15) is 5.10 Å². The largest absolute Gasteiger partial charge is 0.233 e. The van der Waals surface area contributed by atoms with Gasteiger partial charge in [0.1, 0.15) is 0 Å². The van der Waals surface area contributed by atoms with Crippen molar-refractivity contribution in [3.63, 3.8) is 0 Å². The molecule has 0 aliphatic heterocycles. The average Bonchev–Trinajstić information content (AvgIpc) is 2.90. The molecule has 0 radical (unpaired) electrons. The summed E-state index contributed by atoms with van der Waals surface area (Å²) in [6, 6.07) is 1.89. The van der Waals surface area contributed by atoms with Crippen LogP contribution in [0.25, 0.3) is 5.65 Å². The summed E-state index contributed by atoms with van der Waals surface area (Å²) in [5.74, 6) is 0. The van der Waals surface area contributed by atoms with Gasteiger partial charge in [0.15, 0.2) is 5.65 Å². The molecule has 76 valence electrons. The molecule has 0 amide bonds. The summed E-state index contributed by atoms with van der Waals surface area (Å²) in [6.45, 7) is 0. The van der Waals surface area contributed by atoms with E-state index < -0.39 is 0 Å². The molecule has 3 heteroatoms. The summed E-state index contributed by atoms with van der Waals surface area (Å²) in [6.07, 6.45) is 8.26. The van der Waals surface area contributed by atoms with Gasteiger partial charge in [-0.15, -0.1) is 0 Å². The zero-order valence-electron chi connectivity index (χ0n) is 9.53. The van der Waals surface area contributed by atoms with Gasteiger partial charge < -0.3 is 0 Å². The van der Waals surface area contributed by atoms with Gasteiger partial charge in [0.25, 0.3) is 0 Å². The van der Waals surface area contributed by atoms with E-state index in [1.807, 2.05) is 6.07 Å². The van der Waals surface area contributed by atoms with Crippen LogP contribution in [0, 0.1) is 0 Å². The second-order valence-electron chi connectivity index (χ2n) is 4.79. The first-order valence-corrected chi connectivity index (χ1v) is 5.64. The van der Waals surface area contributed by atoms with Gasteiger partial charge in [0, 0.05) is 17.7 Å². The summed E-state index contributed by atoms with van der Waals surface area (Å²) in [5.41, 5.74) is 3.52. The van der Waals surface area contributed by atoms with E-state index in [2.05, 4.69) is 5.10 Å². The van der Waals surface area contributed by atoms with E-state index >= 15 is 0 Å². The van der Waals surface area contributed by atoms with Crippen molar-refractivity contribution in [1.29, 1.82) is 0 Å². The quantitative estimate of drug-likeness (QED) is 0.652. The number of hydrogen-bond acceptors (Lipinski definition) is 2. The molecule has 3 nitrogen and oxygen atoms in total. The molecule has 0 N–H and O–H groups in total. The Kier molecular flexibility index (Phi) is 1.12. The molecular weight excluding hydrogens is 186 g/mol. The zero-order valence-corrected chi connectivity index (χ0v) is 8.53. The van der Waals surface area contributed by atoms with E-state index in [-0.39, 0.29) is 0 Å². The Bertz CT molecular complexity index is 583. The first-order chi connectivity index (χ1) is 7.80. The molecule has 2 aliphatic carbocycles. The van der Waals surface area contributed by atoms with Crippen LogP contribution in [0.1, 0.15) is 38.3 Å². The lowest BCUT2D eigenvalue weighted by molar-refractivity contribution is 0.523. The maximum atomic E-state index is 8.20. The molecule has 0 atom stereocenters. The van der Waals surface area contributed by atoms with Gasteiger partial charge in [0.05, 0.1) is 13.3 Å². The van der Waals surface area contributed by atoms with Crippen molar-refractivity contribution in [3.8, 4) is 0 Å². The predicted molar refractivity (Wildman–Crippen MR) is 56.8 cm³/mol. The minimum absolute atomic E-state index is 0.343. The van der Waals surface area contributed by atoms with Gasteiger partial charge in [0.2, 0.25) is 0 Å². The van der Waals surface area contributed by atoms with Crippen LogP contribution >= 0.6 is 0 Å². The van der Waals surface area contributed by atoms with E-state index in [4.69, 9.17) is 6.35 Å². The third-order valence-corrected chi connectivity index (χ3v) is 3.81. The molecule has 2 aliphatic rings. The molecule has 4 rings (SSSR count). The molecular formula is C12H13N3. The van der Waals surface area contributed by atoms with Crippen molar-refractivity contribution in [1.82, 2.24) is 14.6 Å². The van der Waals surface area contributed by atoms with Crippen LogP contribution < -0.4 is 0 Å². The Hall–Kier alpha value is -1.38. The minimum atomic E-state index is 0.343. The highest BCUT2D eigenvalue weighted by molar-refractivity contribution is 5.44. The highest BCUT2D eigenvalue weighted by Crippen LogP contribution is 2.54. The van der Waals surface area contributed by atoms with Crippen LogP contribution in [0.3, 0.4) is 0 Å². The molecule has 0 bridgehead atoms. The molecule has 2 aromatic rings. The fourth-order valence-electron chi connectivity index (χ4n) is 2.80. The van der Waals surface area contributed by atoms with Crippen LogP contribution in [-0.4, -0.2) is 14.6 Å². The summed E-state index contributed by atoms with van der Waals surface area (Å²) < 4.78 is 9.85. The average molecular weight is 200 g/mol. The van der Waals surface area contributed by atoms with Crippen molar-refractivity contribution < 1.29 is 1.37 Å². The summed E-state index contributed by atoms with van der Waals surface area (Å²) in [4.78, 5) is 4.73. The Morgan fingerprint density at radius 1 is 1.40 bits per heavy atom. The highest BCUT2D eigenvalue weighted by atomic mass is 15.2. The third-order valence-electron chi connectivity index (χ3n) is 3.81. The molecule has 0 saturated heterocycles. The zero-order chi connectivity index (χ0) is 10.8. The minimum Gasteiger partial charge on any atom is -0.233 e. The Morgan fingerprint density at radius 3 is 3.20 bits per heavy atom. The molecule has 0 unspecified atom stereocenters. The lowest BCUT2D eigenvalue weighted by atomic mass is 9.85. The van der Waals surface area contributed by atoms with Crippen LogP contribution in [0.15, 0.2) is 18.4 Å². The molecule has 15 heavy (non-hydrogen) atoms. The number of hydrogen-bond donors (Lipinski definition) is 0. The van der Waals surface area contributed by atoms with Gasteiger partial charge >= 0.3 is 0 Å². The van der Waals surface area contributed by atoms with Gasteiger partial charge in [-0.05, 0) is 37.7 Å². The van der Waals surface area contributed by atoms with E-state index in [1.165, 1.54) is 31.4 Å². The van der Waals surface area contributed by atoms with Crippen molar-refractivity contribution in [2.24, 2.45) is 0 Å². The topological polar surface area (TPSA) is 30.2 Å². The van der Waals surface area contributed by atoms with Gasteiger partial charge in [-0.25, -0.2) is 9.50 Å². The maximum absolute atomic E-state index is 8.20. The molecule has 0 aromatic carbocycles. The lowest BCUT2D eigenvalue weighted by Crippen LogP contribution is -2.19. The highest BCUT2D eigenvalue weighted by Gasteiger charge is 2.48. The van der Waals surface area contributed by atoms with E-state index in [0.717, 1.165) is 17.6 Å². The lowest BCUT2D eigenvalue weighted by Gasteiger charge is -2.23. The first-order valence-electron chi connectivity index (χ1n) is 6.14. The normalized spacial score (nSPS) is 22.8. The number of rotatable bonds is 0. The molecule has 1 saturated carbocycles. The number of aromatic nitrogens is 3. The van der Waals surface area contributed by atoms with Crippen molar-refractivity contribution in [2.75, 3.05) is 0 Å². The summed E-state index contributed by atoms with van der Waals surface area (Å²) >= 11 is 0. The second kappa shape index (κ2) is 2.40. The standard InChI is InChI=1S/C12H13N3/c1-2-9-8-15-10(3-7-13-15)14-11(9)12(4-1)5-6-12/h3,7-8H,1-2,4-6H2/i8D. The first kappa shape index (κ1) is 6.99. The Morgan fingerprint density at radius 2 is 2.33 bits per heavy atom. The molecule has 2 aromatic heterocycles. The third kappa shape index (κ3) is 0.954. The SMILES string of the molecule is [2H]c1c2c(nc3ccnn13)C1(CCC2)CC1. The predicted octanol–water partition coefficient (Wildman–Crippen LogP) is 2.10. The van der Waals surface area contributed by atoms with E-state index in [9.17, 15) is 0 Å². The van der Waals surface area contributed by atoms with Crippen molar-refractivity contribution in [3.05, 3.63) is 29.7 Å². The summed E-state index contributed by atoms with van der Waals surface area (Å²) in [5, 5.41) is 4.16. The van der Waals surface area contributed by atoms with Gasteiger partial charge in [-0.3, -0.25) is 0 Å². The number of fused-ring (bicyclic) bond motifs is 3. The van der Waals surface area contributed by atoms with Crippen LogP contribution in [0.5, 0.6) is 0 Å². The Balaban J connectivity index is 2.09. The fourth-order valence-corrected chi connectivity index (χ4v) is 2.80. The van der Waals surface area contributed by atoms with Crippen LogP contribution in [0.2, 0.25) is 0 Å². The molecule has 1 fully saturated rings. The second-order valence-corrected chi connectivity index (χ2v) is 4.79. The maximum Gasteiger partial charge on any atom is 0.155 e. The Labute approximate surface area is 89.5 Å². The van der Waals surface area contributed by atoms with E-state index in [0.29, 0.717) is 11.6 Å². The summed E-state index contributed by atoms with van der Waals surface area (Å²) in [7, 11) is 0. The van der Waals surface area contributed by atoms with Crippen LogP contribution in [0.4, 0.5) is 0 Å². The smallest absolute Gasteiger partial charge is 0.155 e. The molecule has 2 heterocycles. The number of nitrogens with zero attached hydrogens (tertiary/aromatic N) is 3. The van der Waals surface area contributed by atoms with Crippen molar-refractivity contribution in [2.45, 2.75) is 37.5 Å². The fraction of sp³-hybridized carbons (Fsp3) is 0.500. The van der Waals surface area contributed by atoms with E-state index in [1.54, 1.807) is 10.7 Å². The van der Waals surface area contributed by atoms with Crippen molar-refractivity contribution >= 4 is 5.65 Å². The van der Waals surface area contributed by atoms with Crippen LogP contribution in [-0.2, 0) is 11.8 Å². The van der Waals surface area contributed by atoms with Gasteiger partial charge in [-0.1, -0.05) is 0 Å².